The lowest BCUT2D eigenvalue weighted by atomic mass is 9.89. The van der Waals surface area contributed by atoms with Gasteiger partial charge in [-0.2, -0.15) is 5.10 Å². The third-order valence-electron chi connectivity index (χ3n) is 4.03. The van der Waals surface area contributed by atoms with Crippen LogP contribution in [0.5, 0.6) is 0 Å². The predicted molar refractivity (Wildman–Crippen MR) is 85.6 cm³/mol. The molecular weight excluding hydrogens is 268 g/mol. The van der Waals surface area contributed by atoms with Gasteiger partial charge in [-0.3, -0.25) is 5.43 Å². The summed E-state index contributed by atoms with van der Waals surface area (Å²) in [6, 6.07) is 0. The highest BCUT2D eigenvalue weighted by Gasteiger charge is 2.15. The molecule has 1 aliphatic rings. The lowest BCUT2D eigenvalue weighted by molar-refractivity contribution is 0.500. The maximum absolute atomic E-state index is 4.59. The van der Waals surface area contributed by atoms with Gasteiger partial charge in [-0.1, -0.05) is 6.92 Å². The van der Waals surface area contributed by atoms with Crippen molar-refractivity contribution >= 4 is 33.1 Å². The molecule has 2 aromatic rings. The van der Waals surface area contributed by atoms with Gasteiger partial charge in [-0.25, -0.2) is 9.97 Å². The van der Waals surface area contributed by atoms with Crippen molar-refractivity contribution in [1.29, 1.82) is 0 Å². The smallest absolute Gasteiger partial charge is 0.158 e. The summed E-state index contributed by atoms with van der Waals surface area (Å²) in [5.41, 5.74) is 5.69. The van der Waals surface area contributed by atoms with Crippen molar-refractivity contribution in [1.82, 2.24) is 9.97 Å². The van der Waals surface area contributed by atoms with Crippen LogP contribution in [0, 0.1) is 19.8 Å². The van der Waals surface area contributed by atoms with E-state index in [2.05, 4.69) is 41.3 Å². The Kier molecular flexibility index (Phi) is 3.70. The second kappa shape index (κ2) is 5.48. The number of nitrogens with zero attached hydrogens (tertiary/aromatic N) is 3. The number of hydrogen-bond donors (Lipinski definition) is 1. The zero-order valence-electron chi connectivity index (χ0n) is 12.2. The highest BCUT2D eigenvalue weighted by atomic mass is 32.1. The van der Waals surface area contributed by atoms with E-state index in [-0.39, 0.29) is 0 Å². The summed E-state index contributed by atoms with van der Waals surface area (Å²) in [6.45, 7) is 6.54. The largest absolute Gasteiger partial charge is 0.261 e. The number of thiophene rings is 1. The number of fused-ring (bicyclic) bond motifs is 1. The van der Waals surface area contributed by atoms with Gasteiger partial charge >= 0.3 is 0 Å². The Balaban J connectivity index is 1.89. The summed E-state index contributed by atoms with van der Waals surface area (Å²) >= 11 is 1.72. The Morgan fingerprint density at radius 1 is 1.35 bits per heavy atom. The summed E-state index contributed by atoms with van der Waals surface area (Å²) in [7, 11) is 0. The van der Waals surface area contributed by atoms with Crippen LogP contribution in [0.25, 0.3) is 10.2 Å². The Morgan fingerprint density at radius 2 is 2.20 bits per heavy atom. The third-order valence-corrected chi connectivity index (χ3v) is 5.15. The molecule has 3 rings (SSSR count). The normalized spacial score (nSPS) is 21.6. The zero-order valence-corrected chi connectivity index (χ0v) is 13.0. The Bertz CT molecular complexity index is 659. The molecular formula is C15H20N4S. The van der Waals surface area contributed by atoms with Crippen molar-refractivity contribution in [3.05, 3.63) is 16.8 Å². The summed E-state index contributed by atoms with van der Waals surface area (Å²) in [5.74, 6) is 1.59. The van der Waals surface area contributed by atoms with E-state index in [1.807, 2.05) is 0 Å². The number of hydrogen-bond acceptors (Lipinski definition) is 5. The van der Waals surface area contributed by atoms with Crippen LogP contribution in [-0.2, 0) is 0 Å². The molecule has 1 fully saturated rings. The molecule has 2 aromatic heterocycles. The molecule has 20 heavy (non-hydrogen) atoms. The molecule has 2 heterocycles. The molecule has 1 N–H and O–H groups in total. The molecule has 0 amide bonds. The van der Waals surface area contributed by atoms with Gasteiger partial charge < -0.3 is 0 Å². The minimum absolute atomic E-state index is 0.750. The molecule has 0 saturated heterocycles. The van der Waals surface area contributed by atoms with Crippen LogP contribution < -0.4 is 5.43 Å². The minimum atomic E-state index is 0.750. The van der Waals surface area contributed by atoms with Crippen LogP contribution in [-0.4, -0.2) is 15.7 Å². The standard InChI is InChI=1S/C15H20N4S/c1-9-5-4-6-12(7-9)18-19-14-13-10(2)11(3)20-15(13)17-8-16-14/h8-9H,4-7H2,1-3H3,(H,16,17,19). The number of rotatable bonds is 2. The van der Waals surface area contributed by atoms with Crippen LogP contribution in [0.3, 0.4) is 0 Å². The van der Waals surface area contributed by atoms with Crippen molar-refractivity contribution in [3.63, 3.8) is 0 Å². The number of hydrazone groups is 1. The average Bonchev–Trinajstić information content (AvgIpc) is 2.73. The topological polar surface area (TPSA) is 50.2 Å². The predicted octanol–water partition coefficient (Wildman–Crippen LogP) is 4.29. The van der Waals surface area contributed by atoms with Crippen molar-refractivity contribution in [2.24, 2.45) is 11.0 Å². The molecule has 0 aliphatic heterocycles. The first-order valence-electron chi connectivity index (χ1n) is 7.17. The summed E-state index contributed by atoms with van der Waals surface area (Å²) in [5, 5.41) is 5.70. The second-order valence-corrected chi connectivity index (χ2v) is 6.88. The maximum Gasteiger partial charge on any atom is 0.158 e. The molecule has 5 heteroatoms. The first kappa shape index (κ1) is 13.5. The van der Waals surface area contributed by atoms with E-state index in [4.69, 9.17) is 0 Å². The van der Waals surface area contributed by atoms with E-state index in [0.717, 1.165) is 34.8 Å². The van der Waals surface area contributed by atoms with E-state index in [0.29, 0.717) is 0 Å². The fraction of sp³-hybridized carbons (Fsp3) is 0.533. The SMILES string of the molecule is Cc1sc2ncnc(NN=C3CCCC(C)C3)c2c1C. The van der Waals surface area contributed by atoms with Gasteiger partial charge in [0.15, 0.2) is 5.82 Å². The summed E-state index contributed by atoms with van der Waals surface area (Å²) < 4.78 is 0. The van der Waals surface area contributed by atoms with Crippen molar-refractivity contribution in [2.45, 2.75) is 46.5 Å². The molecule has 0 spiro atoms. The average molecular weight is 288 g/mol. The van der Waals surface area contributed by atoms with E-state index < -0.39 is 0 Å². The molecule has 0 radical (unpaired) electrons. The Hall–Kier alpha value is -1.49. The number of aromatic nitrogens is 2. The van der Waals surface area contributed by atoms with Gasteiger partial charge in [0.2, 0.25) is 0 Å². The summed E-state index contributed by atoms with van der Waals surface area (Å²) in [4.78, 5) is 11.0. The summed E-state index contributed by atoms with van der Waals surface area (Å²) in [6.07, 6.45) is 6.39. The second-order valence-electron chi connectivity index (χ2n) is 5.68. The zero-order chi connectivity index (χ0) is 14.1. The van der Waals surface area contributed by atoms with Gasteiger partial charge in [0.1, 0.15) is 11.2 Å². The lowest BCUT2D eigenvalue weighted by Crippen LogP contribution is -2.14. The van der Waals surface area contributed by atoms with Crippen molar-refractivity contribution < 1.29 is 0 Å². The fourth-order valence-corrected chi connectivity index (χ4v) is 3.76. The van der Waals surface area contributed by atoms with E-state index in [1.165, 1.54) is 29.0 Å². The molecule has 1 atom stereocenters. The maximum atomic E-state index is 4.59. The lowest BCUT2D eigenvalue weighted by Gasteiger charge is -2.19. The molecule has 1 unspecified atom stereocenters. The number of anilines is 1. The van der Waals surface area contributed by atoms with Crippen LogP contribution in [0.1, 0.15) is 43.0 Å². The first-order valence-corrected chi connectivity index (χ1v) is 7.99. The third kappa shape index (κ3) is 2.54. The molecule has 106 valence electrons. The first-order chi connectivity index (χ1) is 9.65. The molecule has 1 saturated carbocycles. The van der Waals surface area contributed by atoms with Gasteiger partial charge in [-0.15, -0.1) is 11.3 Å². The molecule has 1 aliphatic carbocycles. The quantitative estimate of drug-likeness (QED) is 0.839. The van der Waals surface area contributed by atoms with Crippen molar-refractivity contribution in [3.8, 4) is 0 Å². The van der Waals surface area contributed by atoms with Crippen LogP contribution in [0.4, 0.5) is 5.82 Å². The monoisotopic (exact) mass is 288 g/mol. The van der Waals surface area contributed by atoms with Crippen LogP contribution >= 0.6 is 11.3 Å². The van der Waals surface area contributed by atoms with Gasteiger partial charge in [0, 0.05) is 10.6 Å². The minimum Gasteiger partial charge on any atom is -0.261 e. The van der Waals surface area contributed by atoms with E-state index >= 15 is 0 Å². The van der Waals surface area contributed by atoms with Crippen molar-refractivity contribution in [2.75, 3.05) is 5.43 Å². The number of aryl methyl sites for hydroxylation is 2. The van der Waals surface area contributed by atoms with E-state index in [9.17, 15) is 0 Å². The van der Waals surface area contributed by atoms with Crippen LogP contribution in [0.2, 0.25) is 0 Å². The van der Waals surface area contributed by atoms with Gasteiger partial charge in [0.05, 0.1) is 5.39 Å². The number of nitrogens with one attached hydrogen (secondary N) is 1. The molecule has 0 bridgehead atoms. The molecule has 4 nitrogen and oxygen atoms in total. The molecule has 0 aromatic carbocycles. The highest BCUT2D eigenvalue weighted by molar-refractivity contribution is 7.18. The van der Waals surface area contributed by atoms with Crippen LogP contribution in [0.15, 0.2) is 11.4 Å². The highest BCUT2D eigenvalue weighted by Crippen LogP contribution is 2.32. The Labute approximate surface area is 123 Å². The Morgan fingerprint density at radius 3 is 3.00 bits per heavy atom. The fourth-order valence-electron chi connectivity index (χ4n) is 2.76. The van der Waals surface area contributed by atoms with Gasteiger partial charge in [0.25, 0.3) is 0 Å². The van der Waals surface area contributed by atoms with E-state index in [1.54, 1.807) is 17.7 Å². The van der Waals surface area contributed by atoms with Gasteiger partial charge in [-0.05, 0) is 51.0 Å².